The van der Waals surface area contributed by atoms with Gasteiger partial charge in [-0.05, 0) is 45.8 Å². The maximum atomic E-state index is 9.19. The highest BCUT2D eigenvalue weighted by molar-refractivity contribution is 7.93. The van der Waals surface area contributed by atoms with Gasteiger partial charge in [-0.15, -0.1) is 4.33 Å². The van der Waals surface area contributed by atoms with E-state index in [0.717, 1.165) is 33.6 Å². The number of fused-ring (bicyclic) bond motifs is 6. The van der Waals surface area contributed by atoms with Crippen LogP contribution >= 0.6 is 12.0 Å². The normalized spacial score (nSPS) is 11.5. The van der Waals surface area contributed by atoms with Crippen LogP contribution in [0.25, 0.3) is 66.2 Å². The molecule has 0 bridgehead atoms. The maximum absolute atomic E-state index is 9.19. The molecular weight excluding hydrogens is 560 g/mol. The third-order valence-electron chi connectivity index (χ3n) is 5.61. The summed E-state index contributed by atoms with van der Waals surface area (Å²) in [5.74, 6) is 0. The summed E-state index contributed by atoms with van der Waals surface area (Å²) >= 11 is 0.929. The van der Waals surface area contributed by atoms with Gasteiger partial charge in [-0.25, -0.2) is 5.26 Å². The van der Waals surface area contributed by atoms with Crippen LogP contribution in [0.2, 0.25) is 0 Å². The summed E-state index contributed by atoms with van der Waals surface area (Å²) < 4.78 is 54.3. The third-order valence-corrected chi connectivity index (χ3v) is 5.81. The Balaban J connectivity index is 0.000000281. The summed E-state index contributed by atoms with van der Waals surface area (Å²) in [4.78, 5) is 0. The zero-order chi connectivity index (χ0) is 28.3. The third kappa shape index (κ3) is 6.39. The van der Waals surface area contributed by atoms with Crippen molar-refractivity contribution in [3.05, 3.63) is 84.9 Å². The van der Waals surface area contributed by atoms with E-state index in [1.54, 1.807) is 6.26 Å². The molecule has 7 aromatic rings. The van der Waals surface area contributed by atoms with Crippen molar-refractivity contribution in [3.63, 3.8) is 0 Å². The van der Waals surface area contributed by atoms with E-state index in [4.69, 9.17) is 27.5 Å². The molecule has 0 spiro atoms. The molecule has 206 valence electrons. The Morgan fingerprint density at radius 3 is 1.05 bits per heavy atom. The van der Waals surface area contributed by atoms with Gasteiger partial charge >= 0.3 is 0 Å². The molecule has 0 radical (unpaired) electrons. The average molecular weight is 583 g/mol. The molecule has 40 heavy (non-hydrogen) atoms. The van der Waals surface area contributed by atoms with Crippen molar-refractivity contribution in [1.29, 1.82) is 0 Å². The standard InChI is InChI=1S/C26H14O4.2CH4O3S/c1-2-6-16-10-20-19(9-15(16)5-1)27-23-13-25-26(14-24(23)28-20)30-22-12-18-8-4-3-7-17(18)11-21(22)29-25;1-5(2,3)4;1-5-4-3-2/h1-14H;1H3,(H,2,3,4);2H,1H3. The topological polar surface area (TPSA) is 146 Å². The molecule has 2 heterocycles. The number of benzene rings is 5. The highest BCUT2D eigenvalue weighted by Crippen LogP contribution is 2.33. The molecule has 5 aromatic carbocycles. The molecule has 0 saturated carbocycles. The molecule has 2 aromatic heterocycles. The van der Waals surface area contributed by atoms with E-state index < -0.39 is 10.1 Å². The van der Waals surface area contributed by atoms with Gasteiger partial charge in [0.2, 0.25) is 0 Å². The summed E-state index contributed by atoms with van der Waals surface area (Å²) in [6, 6.07) is 27.9. The summed E-state index contributed by atoms with van der Waals surface area (Å²) in [5, 5.41) is 14.9. The van der Waals surface area contributed by atoms with Crippen LogP contribution in [0, 0.1) is 0 Å². The Hall–Kier alpha value is -4.04. The monoisotopic (exact) mass is 582 g/mol. The number of rotatable bonds is 2. The lowest BCUT2D eigenvalue weighted by Gasteiger charge is -2.06. The summed E-state index contributed by atoms with van der Waals surface area (Å²) in [7, 11) is -3.67. The lowest BCUT2D eigenvalue weighted by atomic mass is 10.1. The van der Waals surface area contributed by atoms with E-state index in [1.807, 2.05) is 60.7 Å². The number of hydrogen-bond acceptors (Lipinski definition) is 10. The summed E-state index contributed by atoms with van der Waals surface area (Å²) in [5.41, 5.74) is 5.14. The molecule has 10 nitrogen and oxygen atoms in total. The van der Waals surface area contributed by atoms with Gasteiger partial charge in [-0.1, -0.05) is 53.6 Å². The van der Waals surface area contributed by atoms with Crippen molar-refractivity contribution in [2.45, 2.75) is 0 Å². The van der Waals surface area contributed by atoms with Crippen LogP contribution in [0.4, 0.5) is 0 Å². The lowest BCUT2D eigenvalue weighted by Crippen LogP contribution is -1.88. The average Bonchev–Trinajstić information content (AvgIpc) is 2.91. The zero-order valence-electron chi connectivity index (χ0n) is 21.1. The van der Waals surface area contributed by atoms with E-state index in [0.29, 0.717) is 50.9 Å². The van der Waals surface area contributed by atoms with Crippen molar-refractivity contribution in [3.8, 4) is 0 Å². The largest absolute Gasteiger partial charge is 0.449 e. The highest BCUT2D eigenvalue weighted by Gasteiger charge is 2.11. The van der Waals surface area contributed by atoms with E-state index in [9.17, 15) is 8.42 Å². The van der Waals surface area contributed by atoms with Gasteiger partial charge in [0, 0.05) is 30.4 Å². The van der Waals surface area contributed by atoms with Gasteiger partial charge < -0.3 is 17.7 Å². The Bertz CT molecular complexity index is 1840. The SMILES string of the molecule is CS(=O)(=O)O.CSOOO.c1ccc2cc3oc4cc5oc6cc7ccccc7cc6oc5cc4oc3cc2c1. The smallest absolute Gasteiger partial charge is 0.261 e. The van der Waals surface area contributed by atoms with Crippen LogP contribution in [0.3, 0.4) is 0 Å². The zero-order valence-corrected chi connectivity index (χ0v) is 22.7. The highest BCUT2D eigenvalue weighted by atomic mass is 32.2. The Kier molecular flexibility index (Phi) is 7.98. The predicted molar refractivity (Wildman–Crippen MR) is 154 cm³/mol. The minimum absolute atomic E-state index is 0.601. The van der Waals surface area contributed by atoms with Crippen LogP contribution in [0.5, 0.6) is 0 Å². The van der Waals surface area contributed by atoms with Gasteiger partial charge in [0.25, 0.3) is 10.1 Å². The van der Waals surface area contributed by atoms with Crippen LogP contribution in [0.1, 0.15) is 0 Å². The minimum atomic E-state index is -3.67. The van der Waals surface area contributed by atoms with Gasteiger partial charge in [0.05, 0.1) is 6.26 Å². The first-order valence-electron chi connectivity index (χ1n) is 11.6. The van der Waals surface area contributed by atoms with Crippen molar-refractivity contribution in [2.24, 2.45) is 0 Å². The molecule has 0 unspecified atom stereocenters. The number of hydrogen-bond donors (Lipinski definition) is 2. The maximum Gasteiger partial charge on any atom is 0.261 e. The van der Waals surface area contributed by atoms with Crippen LogP contribution < -0.4 is 0 Å². The van der Waals surface area contributed by atoms with Gasteiger partial charge in [0.1, 0.15) is 0 Å². The lowest BCUT2D eigenvalue weighted by molar-refractivity contribution is -0.432. The molecule has 0 fully saturated rings. The fourth-order valence-corrected chi connectivity index (χ4v) is 4.12. The van der Waals surface area contributed by atoms with Crippen molar-refractivity contribution in [1.82, 2.24) is 0 Å². The molecule has 0 amide bonds. The van der Waals surface area contributed by atoms with Gasteiger partial charge in [-0.3, -0.25) is 4.55 Å². The molecule has 0 saturated heterocycles. The van der Waals surface area contributed by atoms with Crippen molar-refractivity contribution in [2.75, 3.05) is 12.5 Å². The van der Waals surface area contributed by atoms with E-state index in [1.165, 1.54) is 0 Å². The summed E-state index contributed by atoms with van der Waals surface area (Å²) in [6.07, 6.45) is 2.34. The Morgan fingerprint density at radius 2 is 0.850 bits per heavy atom. The van der Waals surface area contributed by atoms with Gasteiger partial charge in [-0.2, -0.15) is 8.42 Å². The van der Waals surface area contributed by atoms with Crippen LogP contribution in [0.15, 0.2) is 103 Å². The fraction of sp³-hybridized carbons (Fsp3) is 0.0714. The fourth-order valence-electron chi connectivity index (χ4n) is 4.06. The molecular formula is C28H22O10S2. The van der Waals surface area contributed by atoms with Gasteiger partial charge in [0.15, 0.2) is 44.7 Å². The first-order valence-corrected chi connectivity index (χ1v) is 14.6. The van der Waals surface area contributed by atoms with E-state index in [-0.39, 0.29) is 0 Å². The summed E-state index contributed by atoms with van der Waals surface area (Å²) in [6.45, 7) is 0. The van der Waals surface area contributed by atoms with Crippen molar-refractivity contribution >= 4 is 88.4 Å². The first-order chi connectivity index (χ1) is 19.2. The predicted octanol–water partition coefficient (Wildman–Crippen LogP) is 8.29. The quantitative estimate of drug-likeness (QED) is 0.0667. The van der Waals surface area contributed by atoms with E-state index in [2.05, 4.69) is 33.6 Å². The molecule has 0 aliphatic heterocycles. The molecule has 0 atom stereocenters. The second kappa shape index (κ2) is 11.6. The Morgan fingerprint density at radius 1 is 0.600 bits per heavy atom. The Labute approximate surface area is 230 Å². The second-order valence-electron chi connectivity index (χ2n) is 8.49. The molecule has 0 aliphatic rings. The molecule has 0 aliphatic carbocycles. The first kappa shape index (κ1) is 27.5. The van der Waals surface area contributed by atoms with E-state index >= 15 is 0 Å². The molecule has 2 N–H and O–H groups in total. The molecule has 12 heteroatoms. The minimum Gasteiger partial charge on any atom is -0.449 e. The van der Waals surface area contributed by atoms with Crippen LogP contribution in [-0.2, 0) is 19.5 Å². The second-order valence-corrected chi connectivity index (χ2v) is 10.4. The molecule has 7 rings (SSSR count). The van der Waals surface area contributed by atoms with Crippen molar-refractivity contribution < 1.29 is 45.3 Å². The van der Waals surface area contributed by atoms with Crippen LogP contribution in [-0.4, -0.2) is 30.7 Å².